The fourth-order valence-corrected chi connectivity index (χ4v) is 0.996. The Kier molecular flexibility index (Phi) is 2.27. The van der Waals surface area contributed by atoms with Gasteiger partial charge in [-0.25, -0.2) is 0 Å². The minimum absolute atomic E-state index is 0.531. The second-order valence-electron chi connectivity index (χ2n) is 2.65. The first-order valence-corrected chi connectivity index (χ1v) is 4.01. The van der Waals surface area contributed by atoms with Crippen LogP contribution in [0.2, 0.25) is 0 Å². The summed E-state index contributed by atoms with van der Waals surface area (Å²) in [4.78, 5) is 10.4. The number of hydrogen-bond donors (Lipinski definition) is 0. The molecule has 1 aromatic heterocycles. The lowest BCUT2D eigenvalue weighted by Crippen LogP contribution is -1.83. The number of carbonyl (C=O) groups is 1. The molecule has 0 amide bonds. The Morgan fingerprint density at radius 1 is 1.21 bits per heavy atom. The number of rotatable bonds is 3. The van der Waals surface area contributed by atoms with Crippen LogP contribution in [0.4, 0.5) is 0 Å². The van der Waals surface area contributed by atoms with Crippen LogP contribution in [0.15, 0.2) is 41.2 Å². The number of carbonyl (C=O) groups excluding carboxylic acids is 1. The van der Waals surface area contributed by atoms with Gasteiger partial charge in [0.15, 0.2) is 12.0 Å². The average Bonchev–Trinajstić information content (AvgIpc) is 2.72. The molecule has 0 saturated carbocycles. The van der Waals surface area contributed by atoms with Gasteiger partial charge in [-0.05, 0) is 24.3 Å². The van der Waals surface area contributed by atoms with Crippen molar-refractivity contribution in [1.29, 1.82) is 0 Å². The van der Waals surface area contributed by atoms with E-state index in [9.17, 15) is 4.79 Å². The van der Waals surface area contributed by atoms with Crippen LogP contribution in [-0.2, 0) is 0 Å². The first kappa shape index (κ1) is 8.50. The van der Waals surface area contributed by atoms with Crippen LogP contribution in [0.25, 0.3) is 0 Å². The Labute approximate surface area is 80.1 Å². The van der Waals surface area contributed by atoms with Gasteiger partial charge in [-0.15, -0.1) is 0 Å². The summed E-state index contributed by atoms with van der Waals surface area (Å²) >= 11 is 0. The molecule has 0 aliphatic carbocycles. The van der Waals surface area contributed by atoms with E-state index >= 15 is 0 Å². The minimum Gasteiger partial charge on any atom is -0.452 e. The van der Waals surface area contributed by atoms with Crippen LogP contribution in [0.3, 0.4) is 0 Å². The van der Waals surface area contributed by atoms with Gasteiger partial charge in [-0.2, -0.15) is 0 Å². The summed E-state index contributed by atoms with van der Waals surface area (Å²) in [5.41, 5.74) is 0.614. The number of aldehydes is 1. The van der Waals surface area contributed by atoms with Crippen LogP contribution in [0.5, 0.6) is 11.5 Å². The first-order chi connectivity index (χ1) is 6.88. The van der Waals surface area contributed by atoms with Crippen LogP contribution >= 0.6 is 0 Å². The molecule has 0 unspecified atom stereocenters. The first-order valence-electron chi connectivity index (χ1n) is 4.01. The molecule has 0 saturated heterocycles. The predicted octanol–water partition coefficient (Wildman–Crippen LogP) is 2.28. The van der Waals surface area contributed by atoms with Gasteiger partial charge in [0.25, 0.3) is 0 Å². The van der Waals surface area contributed by atoms with Gasteiger partial charge in [0.05, 0.1) is 0 Å². The van der Waals surface area contributed by atoms with Crippen molar-refractivity contribution < 1.29 is 14.1 Å². The largest absolute Gasteiger partial charge is 0.452 e. The number of hydrogen-bond acceptors (Lipinski definition) is 4. The molecular formula is C10H7NO3. The summed E-state index contributed by atoms with van der Waals surface area (Å²) < 4.78 is 9.95. The third-order valence-corrected chi connectivity index (χ3v) is 1.66. The predicted molar refractivity (Wildman–Crippen MR) is 48.4 cm³/mol. The van der Waals surface area contributed by atoms with Crippen molar-refractivity contribution in [2.75, 3.05) is 0 Å². The van der Waals surface area contributed by atoms with Crippen molar-refractivity contribution >= 4 is 6.29 Å². The van der Waals surface area contributed by atoms with Gasteiger partial charge in [-0.1, -0.05) is 5.16 Å². The molecule has 0 atom stereocenters. The van der Waals surface area contributed by atoms with Crippen molar-refractivity contribution in [2.45, 2.75) is 0 Å². The van der Waals surface area contributed by atoms with Gasteiger partial charge in [0.2, 0.25) is 0 Å². The Balaban J connectivity index is 2.14. The summed E-state index contributed by atoms with van der Waals surface area (Å²) in [7, 11) is 0. The average molecular weight is 189 g/mol. The molecule has 0 aliphatic rings. The summed E-state index contributed by atoms with van der Waals surface area (Å²) in [6.07, 6.45) is 3.64. The van der Waals surface area contributed by atoms with Crippen LogP contribution in [0.1, 0.15) is 10.4 Å². The van der Waals surface area contributed by atoms with E-state index in [1.807, 2.05) is 0 Å². The molecule has 4 heteroatoms. The van der Waals surface area contributed by atoms with E-state index in [1.54, 1.807) is 24.3 Å². The molecule has 0 spiro atoms. The van der Waals surface area contributed by atoms with Crippen molar-refractivity contribution in [2.24, 2.45) is 0 Å². The van der Waals surface area contributed by atoms with E-state index in [-0.39, 0.29) is 0 Å². The molecule has 0 bridgehead atoms. The van der Waals surface area contributed by atoms with E-state index in [4.69, 9.17) is 4.74 Å². The van der Waals surface area contributed by atoms with Crippen molar-refractivity contribution in [3.63, 3.8) is 0 Å². The zero-order chi connectivity index (χ0) is 9.80. The summed E-state index contributed by atoms with van der Waals surface area (Å²) in [5, 5.41) is 3.50. The standard InChI is InChI=1S/C10H7NO3/c12-6-8-1-3-9(4-2-8)14-10-5-11-13-7-10/h1-7H. The van der Waals surface area contributed by atoms with E-state index < -0.39 is 0 Å². The van der Waals surface area contributed by atoms with Crippen molar-refractivity contribution in [3.8, 4) is 11.5 Å². The Bertz CT molecular complexity index is 405. The topological polar surface area (TPSA) is 52.3 Å². The molecule has 1 aromatic carbocycles. The Hall–Kier alpha value is -2.10. The van der Waals surface area contributed by atoms with Crippen LogP contribution in [-0.4, -0.2) is 11.4 Å². The molecule has 0 aliphatic heterocycles. The number of ether oxygens (including phenoxy) is 1. The maximum atomic E-state index is 10.4. The second-order valence-corrected chi connectivity index (χ2v) is 2.65. The van der Waals surface area contributed by atoms with Crippen LogP contribution < -0.4 is 4.74 Å². The highest BCUT2D eigenvalue weighted by molar-refractivity contribution is 5.74. The molecule has 4 nitrogen and oxygen atoms in total. The summed E-state index contributed by atoms with van der Waals surface area (Å²) in [5.74, 6) is 1.17. The van der Waals surface area contributed by atoms with Crippen molar-refractivity contribution in [1.82, 2.24) is 5.16 Å². The number of nitrogens with zero attached hydrogens (tertiary/aromatic N) is 1. The highest BCUT2D eigenvalue weighted by atomic mass is 16.5. The van der Waals surface area contributed by atoms with Crippen molar-refractivity contribution in [3.05, 3.63) is 42.3 Å². The SMILES string of the molecule is O=Cc1ccc(Oc2cnoc2)cc1. The fraction of sp³-hybridized carbons (Fsp3) is 0. The lowest BCUT2D eigenvalue weighted by Gasteiger charge is -2.00. The quantitative estimate of drug-likeness (QED) is 0.695. The number of benzene rings is 1. The monoisotopic (exact) mass is 189 g/mol. The maximum absolute atomic E-state index is 10.4. The third-order valence-electron chi connectivity index (χ3n) is 1.66. The van der Waals surface area contributed by atoms with Gasteiger partial charge in [0, 0.05) is 5.56 Å². The van der Waals surface area contributed by atoms with Gasteiger partial charge >= 0.3 is 0 Å². The molecule has 1 heterocycles. The Morgan fingerprint density at radius 3 is 2.57 bits per heavy atom. The van der Waals surface area contributed by atoms with Gasteiger partial charge in [-0.3, -0.25) is 4.79 Å². The smallest absolute Gasteiger partial charge is 0.186 e. The molecule has 70 valence electrons. The lowest BCUT2D eigenvalue weighted by molar-refractivity contribution is 0.112. The molecular weight excluding hydrogens is 182 g/mol. The highest BCUT2D eigenvalue weighted by Crippen LogP contribution is 2.20. The van der Waals surface area contributed by atoms with Gasteiger partial charge in [0.1, 0.15) is 18.2 Å². The minimum atomic E-state index is 0.531. The molecule has 0 fully saturated rings. The molecule has 0 N–H and O–H groups in total. The fourth-order valence-electron chi connectivity index (χ4n) is 0.996. The second kappa shape index (κ2) is 3.74. The molecule has 2 aromatic rings. The van der Waals surface area contributed by atoms with E-state index in [0.717, 1.165) is 6.29 Å². The van der Waals surface area contributed by atoms with E-state index in [1.165, 1.54) is 12.5 Å². The molecule has 14 heavy (non-hydrogen) atoms. The third kappa shape index (κ3) is 1.80. The van der Waals surface area contributed by atoms with E-state index in [2.05, 4.69) is 9.68 Å². The highest BCUT2D eigenvalue weighted by Gasteiger charge is 1.98. The van der Waals surface area contributed by atoms with Gasteiger partial charge < -0.3 is 9.26 Å². The maximum Gasteiger partial charge on any atom is 0.186 e. The zero-order valence-electron chi connectivity index (χ0n) is 7.21. The zero-order valence-corrected chi connectivity index (χ0v) is 7.21. The molecule has 2 rings (SSSR count). The lowest BCUT2D eigenvalue weighted by atomic mass is 10.2. The van der Waals surface area contributed by atoms with Crippen LogP contribution in [0, 0.1) is 0 Å². The Morgan fingerprint density at radius 2 is 2.00 bits per heavy atom. The van der Waals surface area contributed by atoms with E-state index in [0.29, 0.717) is 17.1 Å². The summed E-state index contributed by atoms with van der Waals surface area (Å²) in [6, 6.07) is 6.76. The summed E-state index contributed by atoms with van der Waals surface area (Å²) in [6.45, 7) is 0. The molecule has 0 radical (unpaired) electrons. The number of aromatic nitrogens is 1. The normalized spacial score (nSPS) is 9.71.